The fraction of sp³-hybridized carbons (Fsp3) is 0.545. The lowest BCUT2D eigenvalue weighted by molar-refractivity contribution is -0.137. The van der Waals surface area contributed by atoms with Gasteiger partial charge in [0, 0.05) is 11.8 Å². The number of carbonyl (C=O) groups excluding carboxylic acids is 1. The van der Waals surface area contributed by atoms with Crippen molar-refractivity contribution in [3.63, 3.8) is 0 Å². The van der Waals surface area contributed by atoms with E-state index in [0.717, 1.165) is 0 Å². The van der Waals surface area contributed by atoms with E-state index >= 15 is 0 Å². The van der Waals surface area contributed by atoms with Crippen molar-refractivity contribution in [1.82, 2.24) is 0 Å². The number of allylic oxidation sites excluding steroid dienone is 3. The molecule has 0 bridgehead atoms. The van der Waals surface area contributed by atoms with Crippen molar-refractivity contribution < 1.29 is 9.53 Å². The van der Waals surface area contributed by atoms with Crippen molar-refractivity contribution in [3.8, 4) is 0 Å². The van der Waals surface area contributed by atoms with Crippen LogP contribution in [-0.2, 0) is 9.53 Å². The van der Waals surface area contributed by atoms with E-state index in [9.17, 15) is 4.79 Å². The molecule has 14 heavy (non-hydrogen) atoms. The van der Waals surface area contributed by atoms with E-state index in [0.29, 0.717) is 24.6 Å². The van der Waals surface area contributed by atoms with Gasteiger partial charge in [-0.25, -0.2) is 4.79 Å². The van der Waals surface area contributed by atoms with Gasteiger partial charge in [-0.2, -0.15) is 0 Å². The number of carbonyl (C=O) groups is 1. The van der Waals surface area contributed by atoms with Crippen LogP contribution in [0.2, 0.25) is 0 Å². The highest BCUT2D eigenvalue weighted by atomic mass is 16.5. The summed E-state index contributed by atoms with van der Waals surface area (Å²) < 4.78 is 4.74. The summed E-state index contributed by atoms with van der Waals surface area (Å²) in [6.45, 7) is 6.16. The van der Waals surface area contributed by atoms with Crippen molar-refractivity contribution in [2.45, 2.75) is 27.2 Å². The first-order valence-corrected chi connectivity index (χ1v) is 4.85. The number of hydrogen-bond donors (Lipinski definition) is 1. The lowest BCUT2D eigenvalue weighted by atomic mass is 10.1. The van der Waals surface area contributed by atoms with Gasteiger partial charge in [-0.3, -0.25) is 0 Å². The number of nitrogens with two attached hydrogens (primary N) is 1. The molecule has 0 aromatic carbocycles. The van der Waals surface area contributed by atoms with Crippen LogP contribution in [0.4, 0.5) is 0 Å². The Kier molecular flexibility index (Phi) is 6.54. The molecule has 0 aliphatic carbocycles. The highest BCUT2D eigenvalue weighted by molar-refractivity contribution is 5.82. The third kappa shape index (κ3) is 6.29. The molecule has 0 aliphatic heterocycles. The number of ether oxygens (including phenoxy) is 1. The highest BCUT2D eigenvalue weighted by Crippen LogP contribution is 2.08. The maximum absolute atomic E-state index is 11.0. The second-order valence-corrected chi connectivity index (χ2v) is 3.18. The molecule has 2 N–H and O–H groups in total. The van der Waals surface area contributed by atoms with Gasteiger partial charge in [0.2, 0.25) is 0 Å². The van der Waals surface area contributed by atoms with Crippen molar-refractivity contribution in [2.24, 2.45) is 11.7 Å². The Hall–Kier alpha value is -1.25. The van der Waals surface area contributed by atoms with Gasteiger partial charge in [-0.15, -0.1) is 0 Å². The minimum Gasteiger partial charge on any atom is -0.463 e. The Morgan fingerprint density at radius 2 is 2.21 bits per heavy atom. The maximum Gasteiger partial charge on any atom is 0.332 e. The largest absolute Gasteiger partial charge is 0.463 e. The van der Waals surface area contributed by atoms with Gasteiger partial charge in [-0.05, 0) is 26.2 Å². The number of esters is 1. The summed E-state index contributed by atoms with van der Waals surface area (Å²) in [5.41, 5.74) is 6.23. The fourth-order valence-corrected chi connectivity index (χ4v) is 1.16. The van der Waals surface area contributed by atoms with E-state index in [1.54, 1.807) is 6.92 Å². The average molecular weight is 197 g/mol. The quantitative estimate of drug-likeness (QED) is 0.416. The molecular weight excluding hydrogens is 178 g/mol. The van der Waals surface area contributed by atoms with Gasteiger partial charge in [-0.1, -0.05) is 19.1 Å². The molecule has 0 amide bonds. The predicted octanol–water partition coefficient (Wildman–Crippen LogP) is 1.99. The lowest BCUT2D eigenvalue weighted by Crippen LogP contribution is -2.08. The summed E-state index contributed by atoms with van der Waals surface area (Å²) in [6, 6.07) is 0. The number of hydrogen-bond acceptors (Lipinski definition) is 3. The maximum atomic E-state index is 11.0. The standard InChI is InChI=1S/C11H19NO2/c1-4-6-9(3)7-10(12)8-11(13)14-5-2/h4,6,8-9H,5,7,12H2,1-3H3/t9-/m0/s1. The van der Waals surface area contributed by atoms with Gasteiger partial charge in [0.15, 0.2) is 0 Å². The molecule has 0 aromatic heterocycles. The second-order valence-electron chi connectivity index (χ2n) is 3.18. The van der Waals surface area contributed by atoms with Crippen LogP contribution in [0.3, 0.4) is 0 Å². The molecule has 0 rings (SSSR count). The molecular formula is C11H19NO2. The molecule has 0 aliphatic rings. The molecule has 0 saturated heterocycles. The summed E-state index contributed by atoms with van der Waals surface area (Å²) in [5, 5.41) is 0. The molecule has 0 aromatic rings. The minimum atomic E-state index is -0.363. The molecule has 0 heterocycles. The van der Waals surface area contributed by atoms with E-state index < -0.39 is 0 Å². The van der Waals surface area contributed by atoms with E-state index in [2.05, 4.69) is 0 Å². The van der Waals surface area contributed by atoms with E-state index in [1.807, 2.05) is 26.0 Å². The minimum absolute atomic E-state index is 0.352. The topological polar surface area (TPSA) is 52.3 Å². The first-order valence-electron chi connectivity index (χ1n) is 4.85. The summed E-state index contributed by atoms with van der Waals surface area (Å²) >= 11 is 0. The summed E-state index contributed by atoms with van der Waals surface area (Å²) in [6.07, 6.45) is 6.06. The van der Waals surface area contributed by atoms with E-state index in [4.69, 9.17) is 10.5 Å². The first kappa shape index (κ1) is 12.8. The van der Waals surface area contributed by atoms with Crippen LogP contribution in [-0.4, -0.2) is 12.6 Å². The van der Waals surface area contributed by atoms with Crippen LogP contribution in [0.15, 0.2) is 23.9 Å². The van der Waals surface area contributed by atoms with Crippen molar-refractivity contribution >= 4 is 5.97 Å². The Labute approximate surface area is 85.6 Å². The van der Waals surface area contributed by atoms with Gasteiger partial charge < -0.3 is 10.5 Å². The Morgan fingerprint density at radius 1 is 1.57 bits per heavy atom. The molecule has 3 heteroatoms. The van der Waals surface area contributed by atoms with Gasteiger partial charge >= 0.3 is 5.97 Å². The summed E-state index contributed by atoms with van der Waals surface area (Å²) in [4.78, 5) is 11.0. The fourth-order valence-electron chi connectivity index (χ4n) is 1.16. The average Bonchev–Trinajstić information content (AvgIpc) is 2.03. The van der Waals surface area contributed by atoms with Crippen molar-refractivity contribution in [1.29, 1.82) is 0 Å². The second kappa shape index (κ2) is 7.18. The molecule has 3 nitrogen and oxygen atoms in total. The van der Waals surface area contributed by atoms with Crippen molar-refractivity contribution in [3.05, 3.63) is 23.9 Å². The van der Waals surface area contributed by atoms with Gasteiger partial charge in [0.1, 0.15) is 0 Å². The number of rotatable bonds is 5. The molecule has 0 fully saturated rings. The molecule has 1 atom stereocenters. The molecule has 0 radical (unpaired) electrons. The third-order valence-electron chi connectivity index (χ3n) is 1.67. The Morgan fingerprint density at radius 3 is 2.71 bits per heavy atom. The Bertz CT molecular complexity index is 231. The zero-order chi connectivity index (χ0) is 11.0. The predicted molar refractivity (Wildman–Crippen MR) is 57.5 cm³/mol. The van der Waals surface area contributed by atoms with Crippen molar-refractivity contribution in [2.75, 3.05) is 6.61 Å². The SMILES string of the molecule is CC=C[C@H](C)CC(N)=CC(=O)OCC. The van der Waals surface area contributed by atoms with Crippen LogP contribution in [0.1, 0.15) is 27.2 Å². The molecule has 0 saturated carbocycles. The molecule has 0 spiro atoms. The van der Waals surface area contributed by atoms with Gasteiger partial charge in [0.25, 0.3) is 0 Å². The van der Waals surface area contributed by atoms with Crippen LogP contribution < -0.4 is 5.73 Å². The summed E-state index contributed by atoms with van der Waals surface area (Å²) in [5.74, 6) is -0.0108. The smallest absolute Gasteiger partial charge is 0.332 e. The van der Waals surface area contributed by atoms with Gasteiger partial charge in [0.05, 0.1) is 6.61 Å². The molecule has 0 unspecified atom stereocenters. The highest BCUT2D eigenvalue weighted by Gasteiger charge is 2.02. The normalized spacial score (nSPS) is 14.4. The van der Waals surface area contributed by atoms with Crippen LogP contribution >= 0.6 is 0 Å². The Balaban J connectivity index is 4.05. The third-order valence-corrected chi connectivity index (χ3v) is 1.67. The summed E-state index contributed by atoms with van der Waals surface area (Å²) in [7, 11) is 0. The van der Waals surface area contributed by atoms with E-state index in [-0.39, 0.29) is 5.97 Å². The lowest BCUT2D eigenvalue weighted by Gasteiger charge is -2.05. The van der Waals surface area contributed by atoms with Crippen LogP contribution in [0.25, 0.3) is 0 Å². The zero-order valence-electron chi connectivity index (χ0n) is 9.12. The molecule has 80 valence electrons. The van der Waals surface area contributed by atoms with E-state index in [1.165, 1.54) is 6.08 Å². The van der Waals surface area contributed by atoms with Crippen LogP contribution in [0.5, 0.6) is 0 Å². The zero-order valence-corrected chi connectivity index (χ0v) is 9.12. The monoisotopic (exact) mass is 197 g/mol. The first-order chi connectivity index (χ1) is 6.60. The van der Waals surface area contributed by atoms with Crippen LogP contribution in [0, 0.1) is 5.92 Å².